The fourth-order valence-corrected chi connectivity index (χ4v) is 7.79. The maximum atomic E-state index is 6.88. The molecule has 4 aliphatic rings. The molecule has 2 fully saturated rings. The summed E-state index contributed by atoms with van der Waals surface area (Å²) in [6.45, 7) is 0. The van der Waals surface area contributed by atoms with Crippen LogP contribution in [0.3, 0.4) is 0 Å². The average molecular weight is 417 g/mol. The highest BCUT2D eigenvalue weighted by molar-refractivity contribution is 6.65. The van der Waals surface area contributed by atoms with Crippen LogP contribution in [0.1, 0.15) is 23.3 Å². The fourth-order valence-electron chi connectivity index (χ4n) is 4.75. The van der Waals surface area contributed by atoms with E-state index < -0.39 is 14.1 Å². The third-order valence-electron chi connectivity index (χ3n) is 5.61. The van der Waals surface area contributed by atoms with E-state index in [1.807, 2.05) is 24.3 Å². The van der Waals surface area contributed by atoms with Crippen LogP contribution in [0, 0.1) is 11.8 Å². The zero-order valence-electron chi connectivity index (χ0n) is 10.8. The lowest BCUT2D eigenvalue weighted by atomic mass is 9.70. The first kappa shape index (κ1) is 15.0. The molecule has 1 aromatic rings. The van der Waals surface area contributed by atoms with Gasteiger partial charge in [-0.3, -0.25) is 0 Å². The lowest BCUT2D eigenvalue weighted by Gasteiger charge is -2.37. The number of alkyl halides is 4. The van der Waals surface area contributed by atoms with Crippen molar-refractivity contribution in [2.75, 3.05) is 0 Å². The van der Waals surface area contributed by atoms with Gasteiger partial charge in [0.05, 0.1) is 22.3 Å². The Hall–Kier alpha value is 0.660. The van der Waals surface area contributed by atoms with E-state index in [1.165, 1.54) is 0 Å². The van der Waals surface area contributed by atoms with E-state index in [9.17, 15) is 0 Å². The summed E-state index contributed by atoms with van der Waals surface area (Å²) >= 11 is 39.9. The molecular weight excluding hydrogens is 409 g/mol. The molecule has 7 heteroatoms. The summed E-state index contributed by atoms with van der Waals surface area (Å²) in [6, 6.07) is 8.02. The topological polar surface area (TPSA) is 9.23 Å². The van der Waals surface area contributed by atoms with Crippen LogP contribution in [-0.2, 0) is 4.74 Å². The fraction of sp³-hybridized carbons (Fsp3) is 0.467. The minimum atomic E-state index is -1.49. The molecule has 0 unspecified atom stereocenters. The van der Waals surface area contributed by atoms with Crippen LogP contribution in [0.25, 0.3) is 0 Å². The molecule has 2 aliphatic carbocycles. The van der Waals surface area contributed by atoms with E-state index in [2.05, 4.69) is 0 Å². The van der Waals surface area contributed by atoms with E-state index in [0.29, 0.717) is 0 Å². The van der Waals surface area contributed by atoms with Gasteiger partial charge < -0.3 is 4.74 Å². The highest BCUT2D eigenvalue weighted by atomic mass is 35.5. The van der Waals surface area contributed by atoms with Gasteiger partial charge in [-0.25, -0.2) is 0 Å². The largest absolute Gasteiger partial charge is 0.365 e. The molecule has 5 rings (SSSR count). The summed E-state index contributed by atoms with van der Waals surface area (Å²) in [5.41, 5.74) is 2.21. The van der Waals surface area contributed by atoms with E-state index >= 15 is 0 Å². The molecule has 0 radical (unpaired) electrons. The first-order chi connectivity index (χ1) is 10.3. The monoisotopic (exact) mass is 414 g/mol. The van der Waals surface area contributed by atoms with Crippen LogP contribution < -0.4 is 0 Å². The number of rotatable bonds is 0. The van der Waals surface area contributed by atoms with Crippen molar-refractivity contribution >= 4 is 69.6 Å². The highest BCUT2D eigenvalue weighted by Crippen LogP contribution is 2.83. The van der Waals surface area contributed by atoms with Crippen molar-refractivity contribution in [3.05, 3.63) is 45.5 Å². The molecule has 1 aromatic carbocycles. The Kier molecular flexibility index (Phi) is 2.77. The van der Waals surface area contributed by atoms with Crippen molar-refractivity contribution in [2.24, 2.45) is 11.8 Å². The van der Waals surface area contributed by atoms with E-state index in [-0.39, 0.29) is 34.1 Å². The summed E-state index contributed by atoms with van der Waals surface area (Å²) in [6.07, 6.45) is -0.445. The molecule has 0 N–H and O–H groups in total. The van der Waals surface area contributed by atoms with Crippen LogP contribution in [0.2, 0.25) is 0 Å². The molecule has 22 heavy (non-hydrogen) atoms. The Morgan fingerprint density at radius 2 is 1.18 bits per heavy atom. The summed E-state index contributed by atoms with van der Waals surface area (Å²) in [5, 5.41) is 0.483. The number of hydrogen-bond acceptors (Lipinski definition) is 1. The number of hydrogen-bond donors (Lipinski definition) is 0. The van der Waals surface area contributed by atoms with Gasteiger partial charge in [-0.05, 0) is 11.1 Å². The van der Waals surface area contributed by atoms with Crippen molar-refractivity contribution in [2.45, 2.75) is 26.3 Å². The Balaban J connectivity index is 1.81. The quantitative estimate of drug-likeness (QED) is 0.479. The smallest absolute Gasteiger partial charge is 0.167 e. The number of ether oxygens (including phenoxy) is 1. The van der Waals surface area contributed by atoms with Gasteiger partial charge in [-0.15, -0.1) is 23.2 Å². The lowest BCUT2D eigenvalue weighted by molar-refractivity contribution is 0.0442. The first-order valence-electron chi connectivity index (χ1n) is 6.84. The van der Waals surface area contributed by atoms with Crippen molar-refractivity contribution in [1.82, 2.24) is 0 Å². The molecule has 4 bridgehead atoms. The van der Waals surface area contributed by atoms with Gasteiger partial charge in [0, 0.05) is 11.8 Å². The number of benzene rings is 1. The maximum absolute atomic E-state index is 6.88. The van der Waals surface area contributed by atoms with Crippen molar-refractivity contribution in [3.63, 3.8) is 0 Å². The Bertz CT molecular complexity index is 701. The molecule has 1 nitrogen and oxygen atoms in total. The zero-order valence-corrected chi connectivity index (χ0v) is 15.3. The van der Waals surface area contributed by atoms with E-state index in [0.717, 1.165) is 11.1 Å². The van der Waals surface area contributed by atoms with Gasteiger partial charge in [0.1, 0.15) is 9.75 Å². The average Bonchev–Trinajstić information content (AvgIpc) is 3.13. The van der Waals surface area contributed by atoms with Gasteiger partial charge in [-0.2, -0.15) is 0 Å². The van der Waals surface area contributed by atoms with Gasteiger partial charge in [-0.1, -0.05) is 70.7 Å². The van der Waals surface area contributed by atoms with Gasteiger partial charge in [0.2, 0.25) is 0 Å². The third-order valence-corrected chi connectivity index (χ3v) is 9.90. The predicted octanol–water partition coefficient (Wildman–Crippen LogP) is 5.89. The van der Waals surface area contributed by atoms with Crippen LogP contribution in [-0.4, -0.2) is 14.1 Å². The van der Waals surface area contributed by atoms with Crippen molar-refractivity contribution < 1.29 is 4.74 Å². The second-order valence-corrected chi connectivity index (χ2v) is 9.56. The predicted molar refractivity (Wildman–Crippen MR) is 90.3 cm³/mol. The number of halogens is 6. The molecule has 1 saturated heterocycles. The van der Waals surface area contributed by atoms with E-state index in [1.54, 1.807) is 0 Å². The third kappa shape index (κ3) is 1.20. The molecule has 2 heterocycles. The van der Waals surface area contributed by atoms with Crippen molar-refractivity contribution in [3.8, 4) is 0 Å². The second kappa shape index (κ2) is 4.07. The molecule has 0 amide bonds. The minimum Gasteiger partial charge on any atom is -0.365 e. The standard InChI is InChI=1S/C15H8Cl6O/c16-11-12(17)14(19)8-7(13(11,18)15(14,20)21)9-5-3-1-2-4-6(5)10(8)22-9/h1-4,7-10H/t7-,8+,9+,10-,13+,14-. The van der Waals surface area contributed by atoms with Crippen LogP contribution in [0.4, 0.5) is 0 Å². The molecule has 116 valence electrons. The molecule has 6 atom stereocenters. The van der Waals surface area contributed by atoms with Crippen LogP contribution in [0.15, 0.2) is 34.3 Å². The molecular formula is C15H8Cl6O. The van der Waals surface area contributed by atoms with Crippen LogP contribution in [0.5, 0.6) is 0 Å². The summed E-state index contributed by atoms with van der Waals surface area (Å²) in [4.78, 5) is -2.48. The Morgan fingerprint density at radius 1 is 0.773 bits per heavy atom. The van der Waals surface area contributed by atoms with Crippen LogP contribution >= 0.6 is 69.6 Å². The Labute approximate surface area is 157 Å². The minimum absolute atomic E-state index is 0.212. The summed E-state index contributed by atoms with van der Waals surface area (Å²) < 4.78 is 4.69. The molecule has 2 aliphatic heterocycles. The van der Waals surface area contributed by atoms with Gasteiger partial charge in [0.15, 0.2) is 4.33 Å². The van der Waals surface area contributed by atoms with Gasteiger partial charge >= 0.3 is 0 Å². The molecule has 0 spiro atoms. The van der Waals surface area contributed by atoms with E-state index in [4.69, 9.17) is 74.3 Å². The maximum Gasteiger partial charge on any atom is 0.167 e. The molecule has 1 saturated carbocycles. The van der Waals surface area contributed by atoms with Crippen molar-refractivity contribution in [1.29, 1.82) is 0 Å². The number of allylic oxidation sites excluding steroid dienone is 2. The SMILES string of the molecule is ClC1=C(Cl)[C@]2(Cl)[C@H]3[C@H]([C@H]4O[C@@H]3c3ccccc34)[C@@]1(Cl)C2(Cl)Cl. The molecule has 0 aromatic heterocycles. The second-order valence-electron chi connectivity index (χ2n) is 6.28. The Morgan fingerprint density at radius 3 is 1.59 bits per heavy atom. The summed E-state index contributed by atoms with van der Waals surface area (Å²) in [5.74, 6) is -0.423. The number of fused-ring (bicyclic) bond motifs is 12. The lowest BCUT2D eigenvalue weighted by Crippen LogP contribution is -2.46. The summed E-state index contributed by atoms with van der Waals surface area (Å²) in [7, 11) is 0. The van der Waals surface area contributed by atoms with Gasteiger partial charge in [0.25, 0.3) is 0 Å². The highest BCUT2D eigenvalue weighted by Gasteiger charge is 2.87. The first-order valence-corrected chi connectivity index (χ1v) is 9.11. The zero-order chi connectivity index (χ0) is 15.7. The normalized spacial score (nSPS) is 49.7.